The Balaban J connectivity index is -0.000000109. The zero-order chi connectivity index (χ0) is 14.8. The summed E-state index contributed by atoms with van der Waals surface area (Å²) in [5, 5.41) is 0. The summed E-state index contributed by atoms with van der Waals surface area (Å²) in [6.07, 6.45) is 13.4. The topological polar surface area (TPSA) is 15.8 Å². The average molecular weight is 347 g/mol. The van der Waals surface area contributed by atoms with Crippen LogP contribution in [0.4, 0.5) is 0 Å². The van der Waals surface area contributed by atoms with Gasteiger partial charge in [0.2, 0.25) is 0 Å². The van der Waals surface area contributed by atoms with Crippen LogP contribution < -0.4 is 0 Å². The van der Waals surface area contributed by atoms with E-state index in [1.807, 2.05) is 12.3 Å². The first kappa shape index (κ1) is 26.9. The van der Waals surface area contributed by atoms with Crippen molar-refractivity contribution in [2.45, 2.75) is 33.6 Å². The maximum Gasteiger partial charge on any atom is 5.00 e. The molecular weight excluding hydrogens is 319 g/mol. The zero-order valence-corrected chi connectivity index (χ0v) is 14.5. The molecule has 0 saturated carbocycles. The van der Waals surface area contributed by atoms with E-state index >= 15 is 0 Å². The van der Waals surface area contributed by atoms with Gasteiger partial charge in [-0.15, -0.1) is 11.8 Å². The van der Waals surface area contributed by atoms with Crippen molar-refractivity contribution < 1.29 is 19.5 Å². The van der Waals surface area contributed by atoms with Gasteiger partial charge in [0.25, 0.3) is 0 Å². The van der Waals surface area contributed by atoms with Crippen molar-refractivity contribution in [3.05, 3.63) is 76.0 Å². The van der Waals surface area contributed by atoms with E-state index in [9.17, 15) is 0 Å². The third-order valence-electron chi connectivity index (χ3n) is 1.67. The van der Waals surface area contributed by atoms with Crippen LogP contribution in [-0.4, -0.2) is 4.98 Å². The second-order valence-corrected chi connectivity index (χ2v) is 2.35. The predicted molar refractivity (Wildman–Crippen MR) is 84.8 cm³/mol. The molecule has 2 rings (SSSR count). The molecule has 0 aromatic carbocycles. The van der Waals surface area contributed by atoms with E-state index in [4.69, 9.17) is 0 Å². The minimum Gasteiger partial charge on any atom is -0.484 e. The van der Waals surface area contributed by atoms with Crippen molar-refractivity contribution in [2.75, 3.05) is 0 Å². The number of aromatic nitrogens is 1. The summed E-state index contributed by atoms with van der Waals surface area (Å²) < 4.78 is 0. The van der Waals surface area contributed by atoms with Gasteiger partial charge in [-0.1, -0.05) is 24.3 Å². The quantitative estimate of drug-likeness (QED) is 0.518. The summed E-state index contributed by atoms with van der Waals surface area (Å²) in [6.45, 7) is 20.0. The molecule has 0 atom stereocenters. The van der Waals surface area contributed by atoms with Crippen LogP contribution in [0.5, 0.6) is 0 Å². The molecule has 1 heterocycles. The first-order chi connectivity index (χ1) is 8.97. The predicted octanol–water partition coefficient (Wildman–Crippen LogP) is 5.38. The molecule has 1 aliphatic rings. The summed E-state index contributed by atoms with van der Waals surface area (Å²) in [5.74, 6) is 0.450. The van der Waals surface area contributed by atoms with Gasteiger partial charge in [0.05, 0.1) is 0 Å². The normalized spacial score (nSPS) is 10.1. The molecule has 0 aliphatic heterocycles. The fraction of sp³-hybridized carbons (Fsp3) is 0.294. The van der Waals surface area contributed by atoms with E-state index < -0.39 is 0 Å². The van der Waals surface area contributed by atoms with Crippen molar-refractivity contribution >= 4 is 0 Å². The van der Waals surface area contributed by atoms with Gasteiger partial charge in [-0.05, 0) is 5.92 Å². The SMILES string of the molecule is [CH2-]C.[CH2-]C.[CH2-]C.[CH2-]C.[Ru+5].[c-]1[nH]ccc1C1C=CC=C1. The number of hydrogen-bond acceptors (Lipinski definition) is 0. The molecule has 0 spiro atoms. The maximum atomic E-state index is 3.25. The Hall–Kier alpha value is -0.617. The molecule has 1 aromatic heterocycles. The Kier molecular flexibility index (Phi) is 36.8. The Morgan fingerprint density at radius 2 is 1.32 bits per heavy atom. The summed E-state index contributed by atoms with van der Waals surface area (Å²) in [7, 11) is 0. The van der Waals surface area contributed by atoms with E-state index in [0.29, 0.717) is 5.92 Å². The van der Waals surface area contributed by atoms with E-state index in [0.717, 1.165) is 0 Å². The molecular formula is C17H28NRu. The summed E-state index contributed by atoms with van der Waals surface area (Å²) in [4.78, 5) is 2.91. The van der Waals surface area contributed by atoms with E-state index in [-0.39, 0.29) is 19.5 Å². The van der Waals surface area contributed by atoms with Crippen LogP contribution in [0.2, 0.25) is 0 Å². The van der Waals surface area contributed by atoms with Crippen molar-refractivity contribution in [1.29, 1.82) is 0 Å². The molecule has 0 amide bonds. The molecule has 1 aliphatic carbocycles. The third kappa shape index (κ3) is 13.6. The summed E-state index contributed by atoms with van der Waals surface area (Å²) in [5.41, 5.74) is 1.21. The third-order valence-corrected chi connectivity index (χ3v) is 1.67. The van der Waals surface area contributed by atoms with Gasteiger partial charge in [-0.25, -0.2) is 0 Å². The van der Waals surface area contributed by atoms with Crippen molar-refractivity contribution in [2.24, 2.45) is 0 Å². The number of allylic oxidation sites excluding steroid dienone is 4. The van der Waals surface area contributed by atoms with Gasteiger partial charge in [0, 0.05) is 0 Å². The Bertz CT molecular complexity index is 249. The van der Waals surface area contributed by atoms with Crippen LogP contribution in [0, 0.1) is 33.9 Å². The Morgan fingerprint density at radius 3 is 1.63 bits per heavy atom. The largest absolute Gasteiger partial charge is 5.00 e. The molecule has 0 bridgehead atoms. The van der Waals surface area contributed by atoms with Gasteiger partial charge < -0.3 is 32.7 Å². The molecule has 1 aromatic rings. The smallest absolute Gasteiger partial charge is 0.484 e. The van der Waals surface area contributed by atoms with Gasteiger partial charge in [-0.2, -0.15) is 40.0 Å². The van der Waals surface area contributed by atoms with Crippen LogP contribution in [-0.2, 0) is 19.5 Å². The average Bonchev–Trinajstić information content (AvgIpc) is 3.20. The van der Waals surface area contributed by atoms with Gasteiger partial charge in [-0.3, -0.25) is 0 Å². The van der Waals surface area contributed by atoms with Crippen molar-refractivity contribution in [3.8, 4) is 0 Å². The van der Waals surface area contributed by atoms with E-state index in [1.165, 1.54) is 5.56 Å². The maximum absolute atomic E-state index is 3.25. The molecule has 19 heavy (non-hydrogen) atoms. The molecule has 1 radical (unpaired) electrons. The fourth-order valence-corrected chi connectivity index (χ4v) is 1.13. The van der Waals surface area contributed by atoms with Crippen LogP contribution in [0.3, 0.4) is 0 Å². The molecule has 2 heteroatoms. The number of H-pyrrole nitrogens is 1. The van der Waals surface area contributed by atoms with Gasteiger partial charge >= 0.3 is 19.5 Å². The number of rotatable bonds is 1. The molecule has 1 N–H and O–H groups in total. The number of hydrogen-bond donors (Lipinski definition) is 1. The number of aromatic amines is 1. The standard InChI is InChI=1S/C9H8N.4C2H5.Ru/c1-2-4-8(3-1)9-5-6-10-7-9;4*1-2;/h1-6,8,10H;4*1H2,2H3;/q5*-1;+5. The zero-order valence-electron chi connectivity index (χ0n) is 12.7. The number of nitrogens with one attached hydrogen (secondary N) is 1. The molecule has 1 nitrogen and oxygen atoms in total. The van der Waals surface area contributed by atoms with Gasteiger partial charge in [0.1, 0.15) is 0 Å². The molecule has 109 valence electrons. The van der Waals surface area contributed by atoms with Crippen LogP contribution >= 0.6 is 0 Å². The molecule has 0 fully saturated rings. The van der Waals surface area contributed by atoms with Crippen LogP contribution in [0.1, 0.15) is 39.2 Å². The first-order valence-corrected chi connectivity index (χ1v) is 6.19. The summed E-state index contributed by atoms with van der Waals surface area (Å²) >= 11 is 0. The minimum absolute atomic E-state index is 0. The van der Waals surface area contributed by atoms with Gasteiger partial charge in [0.15, 0.2) is 0 Å². The van der Waals surface area contributed by atoms with Crippen LogP contribution in [0.25, 0.3) is 0 Å². The second-order valence-electron chi connectivity index (χ2n) is 2.35. The fourth-order valence-electron chi connectivity index (χ4n) is 1.13. The van der Waals surface area contributed by atoms with E-state index in [1.54, 1.807) is 27.7 Å². The second kappa shape index (κ2) is 26.1. The molecule has 0 unspecified atom stereocenters. The van der Waals surface area contributed by atoms with Crippen LogP contribution in [0.15, 0.2) is 36.6 Å². The summed E-state index contributed by atoms with van der Waals surface area (Å²) in [6, 6.07) is 2.05. The monoisotopic (exact) mass is 348 g/mol. The first-order valence-electron chi connectivity index (χ1n) is 6.19. The Labute approximate surface area is 134 Å². The van der Waals surface area contributed by atoms with Crippen molar-refractivity contribution in [1.82, 2.24) is 4.98 Å². The minimum atomic E-state index is 0. The van der Waals surface area contributed by atoms with E-state index in [2.05, 4.69) is 63.2 Å². The Morgan fingerprint density at radius 1 is 0.895 bits per heavy atom. The van der Waals surface area contributed by atoms with Crippen molar-refractivity contribution in [3.63, 3.8) is 0 Å². The molecule has 0 saturated heterocycles.